The molecule has 1 aromatic rings. The Hall–Kier alpha value is -2.17. The monoisotopic (exact) mass is 427 g/mol. The fraction of sp³-hybridized carbons (Fsp3) is 0.500. The van der Waals surface area contributed by atoms with Crippen LogP contribution in [0.25, 0.3) is 0 Å². The summed E-state index contributed by atoms with van der Waals surface area (Å²) in [4.78, 5) is 9.03. The molecule has 3 rings (SSSR count). The molecule has 4 N–H and O–H groups in total. The third kappa shape index (κ3) is 3.59. The van der Waals surface area contributed by atoms with Crippen LogP contribution < -0.4 is 16.4 Å². The zero-order valence-electron chi connectivity index (χ0n) is 14.3. The summed E-state index contributed by atoms with van der Waals surface area (Å²) in [6, 6.07) is 0.516. The lowest BCUT2D eigenvalue weighted by molar-refractivity contribution is -0.142. The molecule has 0 bridgehead atoms. The number of anilines is 1. The van der Waals surface area contributed by atoms with Crippen molar-refractivity contribution in [3.05, 3.63) is 28.3 Å². The Morgan fingerprint density at radius 3 is 2.11 bits per heavy atom. The predicted octanol–water partition coefficient (Wildman–Crippen LogP) is 4.49. The quantitative estimate of drug-likeness (QED) is 0.648. The van der Waals surface area contributed by atoms with E-state index in [2.05, 4.69) is 9.98 Å². The first kappa shape index (κ1) is 20.6. The van der Waals surface area contributed by atoms with Crippen molar-refractivity contribution in [3.63, 3.8) is 0 Å². The van der Waals surface area contributed by atoms with E-state index in [1.54, 1.807) is 0 Å². The van der Waals surface area contributed by atoms with Crippen molar-refractivity contribution < 1.29 is 26.3 Å². The summed E-state index contributed by atoms with van der Waals surface area (Å²) in [5.41, 5.74) is 6.66. The molecule has 0 saturated heterocycles. The van der Waals surface area contributed by atoms with Crippen molar-refractivity contribution in [2.24, 2.45) is 21.5 Å². The zero-order valence-corrected chi connectivity index (χ0v) is 15.1. The second-order valence-corrected chi connectivity index (χ2v) is 7.05. The molecule has 28 heavy (non-hydrogen) atoms. The molecule has 1 saturated carbocycles. The van der Waals surface area contributed by atoms with Gasteiger partial charge < -0.3 is 11.5 Å². The Labute approximate surface area is 161 Å². The van der Waals surface area contributed by atoms with Crippen molar-refractivity contribution in [1.29, 1.82) is 0 Å². The number of nitrogens with two attached hydrogens (primary N) is 2. The van der Waals surface area contributed by atoms with Crippen LogP contribution >= 0.6 is 11.6 Å². The number of alkyl halides is 6. The molecule has 0 aromatic heterocycles. The summed E-state index contributed by atoms with van der Waals surface area (Å²) in [5, 5.41) is -0.903. The number of benzene rings is 1. The van der Waals surface area contributed by atoms with Crippen molar-refractivity contribution >= 4 is 29.2 Å². The van der Waals surface area contributed by atoms with E-state index in [1.165, 1.54) is 0 Å². The lowest BCUT2D eigenvalue weighted by Crippen LogP contribution is -2.58. The molecule has 12 heteroatoms. The van der Waals surface area contributed by atoms with Crippen LogP contribution in [0, 0.1) is 0 Å². The second-order valence-electron chi connectivity index (χ2n) is 6.67. The van der Waals surface area contributed by atoms with E-state index in [1.807, 2.05) is 0 Å². The molecule has 0 amide bonds. The van der Waals surface area contributed by atoms with Crippen LogP contribution in [0.15, 0.2) is 22.1 Å². The highest BCUT2D eigenvalue weighted by Crippen LogP contribution is 2.48. The molecule has 1 fully saturated rings. The van der Waals surface area contributed by atoms with Gasteiger partial charge in [0.15, 0.2) is 0 Å². The highest BCUT2D eigenvalue weighted by Gasteiger charge is 2.46. The normalized spacial score (nSPS) is 20.2. The van der Waals surface area contributed by atoms with Gasteiger partial charge in [-0.2, -0.15) is 31.3 Å². The first-order valence-corrected chi connectivity index (χ1v) is 8.71. The number of hydrogen-bond acceptors (Lipinski definition) is 5. The van der Waals surface area contributed by atoms with Gasteiger partial charge in [0, 0.05) is 0 Å². The summed E-state index contributed by atoms with van der Waals surface area (Å²) < 4.78 is 80.0. The van der Waals surface area contributed by atoms with E-state index in [0.29, 0.717) is 31.7 Å². The smallest absolute Gasteiger partial charge is 0.369 e. The van der Waals surface area contributed by atoms with Gasteiger partial charge in [-0.1, -0.05) is 18.0 Å². The van der Waals surface area contributed by atoms with Crippen LogP contribution in [-0.2, 0) is 12.4 Å². The lowest BCUT2D eigenvalue weighted by Gasteiger charge is -2.46. The second kappa shape index (κ2) is 6.71. The Kier molecular flexibility index (Phi) is 4.93. The molecule has 1 aromatic carbocycles. The lowest BCUT2D eigenvalue weighted by atomic mass is 9.87. The Morgan fingerprint density at radius 1 is 0.964 bits per heavy atom. The Morgan fingerprint density at radius 2 is 1.57 bits per heavy atom. The maximum Gasteiger partial charge on any atom is 0.417 e. The fourth-order valence-corrected chi connectivity index (χ4v) is 3.91. The minimum absolute atomic E-state index is 0.0196. The highest BCUT2D eigenvalue weighted by atomic mass is 35.5. The molecular formula is C16H16ClF6N5. The van der Waals surface area contributed by atoms with Crippen LogP contribution in [0.2, 0.25) is 5.02 Å². The standard InChI is InChI=1S/C16H16ClF6N5/c17-11-9(16(21,22)23)6-8(15(18,19)20)7-10(11)28-13(25)26-12(24)27-14(28)4-2-1-3-5-14/h6-7H,1-5H2,(H4,24,25,26,27). The van der Waals surface area contributed by atoms with Gasteiger partial charge in [0.1, 0.15) is 5.66 Å². The van der Waals surface area contributed by atoms with Crippen LogP contribution in [0.5, 0.6) is 0 Å². The molecule has 154 valence electrons. The van der Waals surface area contributed by atoms with Gasteiger partial charge in [-0.3, -0.25) is 4.90 Å². The first-order chi connectivity index (χ1) is 12.8. The van der Waals surface area contributed by atoms with Gasteiger partial charge in [0.2, 0.25) is 11.9 Å². The van der Waals surface area contributed by atoms with E-state index in [4.69, 9.17) is 23.1 Å². The largest absolute Gasteiger partial charge is 0.417 e. The Bertz CT molecular complexity index is 839. The predicted molar refractivity (Wildman–Crippen MR) is 93.0 cm³/mol. The SMILES string of the molecule is NC1=NC2(CCCCC2)N(c2cc(C(F)(F)F)cc(C(F)(F)F)c2Cl)C(N)=N1. The first-order valence-electron chi connectivity index (χ1n) is 8.33. The van der Waals surface area contributed by atoms with E-state index in [0.717, 1.165) is 11.3 Å². The van der Waals surface area contributed by atoms with Crippen LogP contribution in [-0.4, -0.2) is 17.6 Å². The number of nitrogens with zero attached hydrogens (tertiary/aromatic N) is 3. The van der Waals surface area contributed by atoms with Crippen molar-refractivity contribution in [2.75, 3.05) is 4.90 Å². The Balaban J connectivity index is 2.27. The summed E-state index contributed by atoms with van der Waals surface area (Å²) in [6.07, 6.45) is -7.34. The minimum atomic E-state index is -5.10. The van der Waals surface area contributed by atoms with Crippen molar-refractivity contribution in [1.82, 2.24) is 0 Å². The third-order valence-corrected chi connectivity index (χ3v) is 5.18. The van der Waals surface area contributed by atoms with Gasteiger partial charge >= 0.3 is 12.4 Å². The summed E-state index contributed by atoms with van der Waals surface area (Å²) in [7, 11) is 0. The van der Waals surface area contributed by atoms with Gasteiger partial charge in [-0.05, 0) is 37.8 Å². The average molecular weight is 428 g/mol. The number of aliphatic imine (C=N–C) groups is 2. The van der Waals surface area contributed by atoms with E-state index in [9.17, 15) is 26.3 Å². The van der Waals surface area contributed by atoms with Crippen LogP contribution in [0.4, 0.5) is 32.0 Å². The average Bonchev–Trinajstić information content (AvgIpc) is 2.54. The van der Waals surface area contributed by atoms with Crippen molar-refractivity contribution in [2.45, 2.75) is 50.1 Å². The van der Waals surface area contributed by atoms with E-state index in [-0.39, 0.29) is 18.0 Å². The van der Waals surface area contributed by atoms with Crippen LogP contribution in [0.3, 0.4) is 0 Å². The molecule has 1 spiro atoms. The summed E-state index contributed by atoms with van der Waals surface area (Å²) in [5.74, 6) is -0.543. The highest BCUT2D eigenvalue weighted by molar-refractivity contribution is 6.35. The van der Waals surface area contributed by atoms with Gasteiger partial charge in [-0.15, -0.1) is 0 Å². The molecule has 0 atom stereocenters. The van der Waals surface area contributed by atoms with Crippen LogP contribution in [0.1, 0.15) is 43.2 Å². The number of rotatable bonds is 1. The zero-order chi connectivity index (χ0) is 20.9. The van der Waals surface area contributed by atoms with Gasteiger partial charge in [0.05, 0.1) is 21.8 Å². The number of hydrogen-bond donors (Lipinski definition) is 2. The molecule has 1 heterocycles. The topological polar surface area (TPSA) is 80.0 Å². The number of guanidine groups is 2. The van der Waals surface area contributed by atoms with E-state index < -0.39 is 39.9 Å². The molecule has 5 nitrogen and oxygen atoms in total. The van der Waals surface area contributed by atoms with Gasteiger partial charge in [0.25, 0.3) is 0 Å². The molecule has 0 radical (unpaired) electrons. The molecule has 1 aliphatic carbocycles. The maximum absolute atomic E-state index is 13.4. The fourth-order valence-electron chi connectivity index (χ4n) is 3.61. The summed E-state index contributed by atoms with van der Waals surface area (Å²) in [6.45, 7) is 0. The third-order valence-electron chi connectivity index (χ3n) is 4.78. The molecule has 2 aliphatic rings. The van der Waals surface area contributed by atoms with Gasteiger partial charge in [-0.25, -0.2) is 4.99 Å². The maximum atomic E-state index is 13.4. The van der Waals surface area contributed by atoms with Crippen molar-refractivity contribution in [3.8, 4) is 0 Å². The minimum Gasteiger partial charge on any atom is -0.369 e. The van der Waals surface area contributed by atoms with E-state index >= 15 is 0 Å². The molecular weight excluding hydrogens is 412 g/mol. The molecule has 0 unspecified atom stereocenters. The summed E-state index contributed by atoms with van der Waals surface area (Å²) >= 11 is 5.93. The molecule has 1 aliphatic heterocycles. The number of halogens is 7.